The van der Waals surface area contributed by atoms with Crippen LogP contribution in [0.1, 0.15) is 25.7 Å². The predicted octanol–water partition coefficient (Wildman–Crippen LogP) is 4.29. The van der Waals surface area contributed by atoms with E-state index in [2.05, 4.69) is 15.3 Å². The molecule has 2 N–H and O–H groups in total. The van der Waals surface area contributed by atoms with Gasteiger partial charge in [-0.15, -0.1) is 0 Å². The van der Waals surface area contributed by atoms with Gasteiger partial charge in [0.15, 0.2) is 0 Å². The summed E-state index contributed by atoms with van der Waals surface area (Å²) in [6, 6.07) is 16.7. The maximum Gasteiger partial charge on any atom is 0.243 e. The molecular formula is C28H30N4O5S. The Hall–Kier alpha value is -3.31. The van der Waals surface area contributed by atoms with Crippen LogP contribution >= 0.6 is 0 Å². The molecule has 38 heavy (non-hydrogen) atoms. The topological polar surface area (TPSA) is 118 Å². The van der Waals surface area contributed by atoms with Crippen LogP contribution in [0, 0.1) is 0 Å². The molecule has 4 heterocycles. The lowest BCUT2D eigenvalue weighted by atomic mass is 9.99. The second-order valence-corrected chi connectivity index (χ2v) is 11.7. The third-order valence-electron chi connectivity index (χ3n) is 7.25. The van der Waals surface area contributed by atoms with Gasteiger partial charge in [-0.3, -0.25) is 0 Å². The summed E-state index contributed by atoms with van der Waals surface area (Å²) < 4.78 is 39.9. The number of piperidine rings is 1. The molecule has 2 aliphatic rings. The Morgan fingerprint density at radius 3 is 2.45 bits per heavy atom. The maximum atomic E-state index is 13.2. The fourth-order valence-electron chi connectivity index (χ4n) is 5.18. The van der Waals surface area contributed by atoms with Gasteiger partial charge >= 0.3 is 0 Å². The molecule has 6 rings (SSSR count). The van der Waals surface area contributed by atoms with Crippen molar-refractivity contribution in [3.8, 4) is 22.5 Å². The monoisotopic (exact) mass is 534 g/mol. The van der Waals surface area contributed by atoms with Gasteiger partial charge in [0, 0.05) is 37.4 Å². The lowest BCUT2D eigenvalue weighted by Crippen LogP contribution is -2.39. The van der Waals surface area contributed by atoms with Crippen molar-refractivity contribution in [1.29, 1.82) is 0 Å². The largest absolute Gasteiger partial charge is 0.437 e. The number of anilines is 1. The summed E-state index contributed by atoms with van der Waals surface area (Å²) in [4.78, 5) is 9.15. The van der Waals surface area contributed by atoms with Crippen molar-refractivity contribution >= 4 is 26.9 Å². The van der Waals surface area contributed by atoms with E-state index in [4.69, 9.17) is 9.15 Å². The van der Waals surface area contributed by atoms with Crippen LogP contribution in [0.5, 0.6) is 0 Å². The minimum atomic E-state index is -3.65. The normalized spacial score (nSPS) is 19.2. The van der Waals surface area contributed by atoms with E-state index in [0.29, 0.717) is 49.8 Å². The number of nitrogens with zero attached hydrogens (tertiary/aromatic N) is 3. The summed E-state index contributed by atoms with van der Waals surface area (Å²) in [6.07, 6.45) is 4.14. The average Bonchev–Trinajstić information content (AvgIpc) is 3.61. The van der Waals surface area contributed by atoms with Gasteiger partial charge in [0.25, 0.3) is 0 Å². The Balaban J connectivity index is 1.39. The van der Waals surface area contributed by atoms with Crippen LogP contribution < -0.4 is 5.32 Å². The first kappa shape index (κ1) is 25.0. The molecule has 2 aromatic carbocycles. The first-order chi connectivity index (χ1) is 18.5. The van der Waals surface area contributed by atoms with Crippen molar-refractivity contribution in [3.05, 3.63) is 60.9 Å². The number of nitrogens with one attached hydrogen (secondary N) is 1. The molecular weight excluding hydrogens is 504 g/mol. The van der Waals surface area contributed by atoms with E-state index in [9.17, 15) is 13.5 Å². The Bertz CT molecular complexity index is 1510. The number of furan rings is 1. The van der Waals surface area contributed by atoms with E-state index in [1.54, 1.807) is 24.3 Å². The minimum Gasteiger partial charge on any atom is -0.437 e. The summed E-state index contributed by atoms with van der Waals surface area (Å²) >= 11 is 0. The van der Waals surface area contributed by atoms with Gasteiger partial charge in [0.2, 0.25) is 15.7 Å². The van der Waals surface area contributed by atoms with Crippen molar-refractivity contribution in [3.63, 3.8) is 0 Å². The molecule has 2 aromatic heterocycles. The zero-order valence-electron chi connectivity index (χ0n) is 20.9. The number of sulfonamides is 1. The zero-order chi connectivity index (χ0) is 26.1. The van der Waals surface area contributed by atoms with E-state index in [-0.39, 0.29) is 11.0 Å². The van der Waals surface area contributed by atoms with Gasteiger partial charge in [0.05, 0.1) is 22.5 Å². The molecule has 2 fully saturated rings. The van der Waals surface area contributed by atoms with Crippen LogP contribution in [-0.4, -0.2) is 66.2 Å². The smallest absolute Gasteiger partial charge is 0.243 e. The molecule has 0 radical (unpaired) electrons. The molecule has 1 atom stereocenters. The van der Waals surface area contributed by atoms with E-state index in [1.165, 1.54) is 10.6 Å². The Morgan fingerprint density at radius 1 is 0.974 bits per heavy atom. The first-order valence-electron chi connectivity index (χ1n) is 13.0. The second-order valence-electron chi connectivity index (χ2n) is 9.75. The van der Waals surface area contributed by atoms with E-state index in [1.807, 2.05) is 30.3 Å². The molecule has 0 aliphatic carbocycles. The first-order valence-corrected chi connectivity index (χ1v) is 14.4. The molecule has 0 spiro atoms. The van der Waals surface area contributed by atoms with Gasteiger partial charge in [0.1, 0.15) is 17.9 Å². The highest BCUT2D eigenvalue weighted by Crippen LogP contribution is 2.42. The quantitative estimate of drug-likeness (QED) is 0.361. The fourth-order valence-corrected chi connectivity index (χ4v) is 6.65. The molecule has 2 saturated heterocycles. The Kier molecular flexibility index (Phi) is 6.87. The summed E-state index contributed by atoms with van der Waals surface area (Å²) in [7, 11) is -3.65. The van der Waals surface area contributed by atoms with Crippen molar-refractivity contribution in [2.75, 3.05) is 31.6 Å². The number of benzene rings is 2. The summed E-state index contributed by atoms with van der Waals surface area (Å²) in [5, 5.41) is 14.0. The predicted molar refractivity (Wildman–Crippen MR) is 144 cm³/mol. The molecule has 198 valence electrons. The van der Waals surface area contributed by atoms with E-state index in [0.717, 1.165) is 41.5 Å². The fraction of sp³-hybridized carbons (Fsp3) is 0.357. The zero-order valence-corrected chi connectivity index (χ0v) is 21.7. The molecule has 0 bridgehead atoms. The van der Waals surface area contributed by atoms with Gasteiger partial charge in [-0.05, 0) is 55.5 Å². The van der Waals surface area contributed by atoms with Gasteiger partial charge in [-0.25, -0.2) is 18.4 Å². The molecule has 0 saturated carbocycles. The second kappa shape index (κ2) is 10.5. The molecule has 10 heteroatoms. The average molecular weight is 535 g/mol. The van der Waals surface area contributed by atoms with Gasteiger partial charge in [-0.2, -0.15) is 4.31 Å². The SMILES string of the molecule is O=S(=O)(c1ccc(-c2oc3ncnc(NCC4CCCO4)c3c2-c2ccccc2)cc1)N1CCC(O)CC1. The molecule has 1 unspecified atom stereocenters. The van der Waals surface area contributed by atoms with Crippen LogP contribution in [0.15, 0.2) is 70.2 Å². The number of aliphatic hydroxyl groups excluding tert-OH is 1. The van der Waals surface area contributed by atoms with Crippen LogP contribution in [0.4, 0.5) is 5.82 Å². The number of fused-ring (bicyclic) bond motifs is 1. The lowest BCUT2D eigenvalue weighted by molar-refractivity contribution is 0.113. The van der Waals surface area contributed by atoms with Crippen molar-refractivity contribution in [2.24, 2.45) is 0 Å². The Morgan fingerprint density at radius 2 is 1.74 bits per heavy atom. The summed E-state index contributed by atoms with van der Waals surface area (Å²) in [5.41, 5.74) is 2.98. The van der Waals surface area contributed by atoms with Crippen molar-refractivity contribution in [1.82, 2.24) is 14.3 Å². The highest BCUT2D eigenvalue weighted by molar-refractivity contribution is 7.89. The van der Waals surface area contributed by atoms with Gasteiger partial charge in [-0.1, -0.05) is 30.3 Å². The Labute approximate surface area is 221 Å². The molecule has 9 nitrogen and oxygen atoms in total. The van der Waals surface area contributed by atoms with Gasteiger partial charge < -0.3 is 19.6 Å². The third-order valence-corrected chi connectivity index (χ3v) is 9.16. The summed E-state index contributed by atoms with van der Waals surface area (Å²) in [5.74, 6) is 1.27. The standard InChI is InChI=1S/C28H30N4O5S/c33-21-12-14-32(15-13-21)38(34,35)23-10-8-20(9-11-23)26-24(19-5-2-1-3-6-19)25-27(30-18-31-28(25)37-26)29-17-22-7-4-16-36-22/h1-3,5-6,8-11,18,21-22,33H,4,7,12-17H2,(H,29,30,31). The van der Waals surface area contributed by atoms with E-state index >= 15 is 0 Å². The highest BCUT2D eigenvalue weighted by atomic mass is 32.2. The molecule has 0 amide bonds. The number of ether oxygens (including phenoxy) is 1. The van der Waals surface area contributed by atoms with Crippen LogP contribution in [0.3, 0.4) is 0 Å². The number of hydrogen-bond donors (Lipinski definition) is 2. The van der Waals surface area contributed by atoms with Crippen LogP contribution in [0.2, 0.25) is 0 Å². The van der Waals surface area contributed by atoms with Crippen molar-refractivity contribution < 1.29 is 22.7 Å². The van der Waals surface area contributed by atoms with Crippen LogP contribution in [0.25, 0.3) is 33.6 Å². The molecule has 2 aliphatic heterocycles. The number of hydrogen-bond acceptors (Lipinski definition) is 8. The highest BCUT2D eigenvalue weighted by Gasteiger charge is 2.29. The van der Waals surface area contributed by atoms with Crippen LogP contribution in [-0.2, 0) is 14.8 Å². The lowest BCUT2D eigenvalue weighted by Gasteiger charge is -2.28. The summed E-state index contributed by atoms with van der Waals surface area (Å²) in [6.45, 7) is 2.05. The minimum absolute atomic E-state index is 0.143. The maximum absolute atomic E-state index is 13.2. The third kappa shape index (κ3) is 4.80. The number of rotatable bonds is 7. The molecule has 4 aromatic rings. The number of aromatic nitrogens is 2. The van der Waals surface area contributed by atoms with E-state index < -0.39 is 16.1 Å². The van der Waals surface area contributed by atoms with Crippen molar-refractivity contribution in [2.45, 2.75) is 42.8 Å². The number of aliphatic hydroxyl groups is 1.